The third-order valence-corrected chi connectivity index (χ3v) is 3.44. The van der Waals surface area contributed by atoms with E-state index >= 15 is 0 Å². The van der Waals surface area contributed by atoms with Crippen LogP contribution in [-0.4, -0.2) is 15.0 Å². The maximum atomic E-state index is 6.10. The Morgan fingerprint density at radius 1 is 0.955 bits per heavy atom. The molecule has 22 heavy (non-hydrogen) atoms. The lowest BCUT2D eigenvalue weighted by Gasteiger charge is -2.18. The molecule has 3 aromatic heterocycles. The molecule has 0 spiro atoms. The molecule has 0 amide bonds. The summed E-state index contributed by atoms with van der Waals surface area (Å²) >= 11 is 0. The number of aromatic nitrogens is 3. The Morgan fingerprint density at radius 3 is 2.50 bits per heavy atom. The van der Waals surface area contributed by atoms with Gasteiger partial charge in [0.2, 0.25) is 0 Å². The average molecular weight is 291 g/mol. The maximum absolute atomic E-state index is 6.10. The Morgan fingerprint density at radius 2 is 1.82 bits per heavy atom. The van der Waals surface area contributed by atoms with Crippen LogP contribution in [0, 0.1) is 6.92 Å². The first-order valence-electron chi connectivity index (χ1n) is 7.04. The van der Waals surface area contributed by atoms with E-state index in [2.05, 4.69) is 15.0 Å². The summed E-state index contributed by atoms with van der Waals surface area (Å²) in [6.07, 6.45) is 5.32. The Bertz CT molecular complexity index is 741. The summed E-state index contributed by atoms with van der Waals surface area (Å²) < 4.78 is 0. The fourth-order valence-electron chi connectivity index (χ4n) is 2.17. The standard InChI is InChI=1S/C17H17N5/c1-13-5-4-10-20-16(13)12-22(18)17-8-7-14(11-21-17)15-6-2-3-9-19-15/h2-11H,12,18H2,1H3. The van der Waals surface area contributed by atoms with Crippen molar-refractivity contribution in [2.45, 2.75) is 13.5 Å². The highest BCUT2D eigenvalue weighted by Gasteiger charge is 2.08. The zero-order valence-electron chi connectivity index (χ0n) is 12.3. The molecule has 2 N–H and O–H groups in total. The number of hydrogen-bond donors (Lipinski definition) is 1. The molecule has 0 saturated carbocycles. The van der Waals surface area contributed by atoms with Crippen LogP contribution in [0.15, 0.2) is 61.1 Å². The van der Waals surface area contributed by atoms with Gasteiger partial charge in [-0.2, -0.15) is 0 Å². The van der Waals surface area contributed by atoms with Gasteiger partial charge >= 0.3 is 0 Å². The molecule has 5 heteroatoms. The van der Waals surface area contributed by atoms with Crippen molar-refractivity contribution in [3.63, 3.8) is 0 Å². The fraction of sp³-hybridized carbons (Fsp3) is 0.118. The molecule has 0 aliphatic heterocycles. The van der Waals surface area contributed by atoms with Gasteiger partial charge < -0.3 is 0 Å². The number of rotatable bonds is 4. The van der Waals surface area contributed by atoms with E-state index in [4.69, 9.17) is 5.84 Å². The number of pyridine rings is 3. The second kappa shape index (κ2) is 6.32. The molecule has 3 rings (SSSR count). The minimum atomic E-state index is 0.516. The number of nitrogens with zero attached hydrogens (tertiary/aromatic N) is 4. The van der Waals surface area contributed by atoms with Crippen LogP contribution >= 0.6 is 0 Å². The highest BCUT2D eigenvalue weighted by atomic mass is 15.4. The average Bonchev–Trinajstić information content (AvgIpc) is 2.58. The van der Waals surface area contributed by atoms with E-state index in [1.807, 2.05) is 49.4 Å². The van der Waals surface area contributed by atoms with Crippen molar-refractivity contribution in [3.05, 3.63) is 72.3 Å². The van der Waals surface area contributed by atoms with E-state index < -0.39 is 0 Å². The van der Waals surface area contributed by atoms with Crippen LogP contribution in [0.2, 0.25) is 0 Å². The second-order valence-corrected chi connectivity index (χ2v) is 5.01. The van der Waals surface area contributed by atoms with E-state index in [-0.39, 0.29) is 0 Å². The third kappa shape index (κ3) is 3.10. The van der Waals surface area contributed by atoms with E-state index in [1.165, 1.54) is 0 Å². The topological polar surface area (TPSA) is 67.9 Å². The molecule has 5 nitrogen and oxygen atoms in total. The zero-order chi connectivity index (χ0) is 15.4. The van der Waals surface area contributed by atoms with Gasteiger partial charge in [-0.25, -0.2) is 10.8 Å². The smallest absolute Gasteiger partial charge is 0.142 e. The number of nitrogens with two attached hydrogens (primary N) is 1. The van der Waals surface area contributed by atoms with Crippen LogP contribution in [0.3, 0.4) is 0 Å². The van der Waals surface area contributed by atoms with Crippen molar-refractivity contribution in [1.29, 1.82) is 0 Å². The lowest BCUT2D eigenvalue weighted by atomic mass is 10.2. The van der Waals surface area contributed by atoms with Crippen LogP contribution in [0.4, 0.5) is 5.82 Å². The quantitative estimate of drug-likeness (QED) is 0.591. The molecule has 0 bridgehead atoms. The number of hydrazine groups is 1. The summed E-state index contributed by atoms with van der Waals surface area (Å²) in [6.45, 7) is 2.54. The van der Waals surface area contributed by atoms with Gasteiger partial charge in [-0.15, -0.1) is 0 Å². The van der Waals surface area contributed by atoms with Crippen molar-refractivity contribution in [1.82, 2.24) is 15.0 Å². The van der Waals surface area contributed by atoms with E-state index in [1.54, 1.807) is 23.6 Å². The molecule has 3 heterocycles. The molecule has 0 aromatic carbocycles. The first kappa shape index (κ1) is 14.2. The van der Waals surface area contributed by atoms with Gasteiger partial charge in [-0.05, 0) is 42.8 Å². The summed E-state index contributed by atoms with van der Waals surface area (Å²) in [4.78, 5) is 13.1. The summed E-state index contributed by atoms with van der Waals surface area (Å²) in [7, 11) is 0. The molecule has 0 aliphatic carbocycles. The van der Waals surface area contributed by atoms with Crippen molar-refractivity contribution in [2.75, 3.05) is 5.01 Å². The van der Waals surface area contributed by atoms with Crippen LogP contribution in [0.25, 0.3) is 11.3 Å². The zero-order valence-corrected chi connectivity index (χ0v) is 12.3. The molecule has 0 fully saturated rings. The van der Waals surface area contributed by atoms with Gasteiger partial charge in [-0.1, -0.05) is 12.1 Å². The Balaban J connectivity index is 1.77. The Kier molecular flexibility index (Phi) is 4.07. The van der Waals surface area contributed by atoms with Gasteiger partial charge in [0.15, 0.2) is 0 Å². The Labute approximate surface area is 129 Å². The first-order chi connectivity index (χ1) is 10.7. The normalized spacial score (nSPS) is 10.5. The van der Waals surface area contributed by atoms with E-state index in [0.717, 1.165) is 22.5 Å². The van der Waals surface area contributed by atoms with Crippen molar-refractivity contribution in [2.24, 2.45) is 5.84 Å². The monoisotopic (exact) mass is 291 g/mol. The van der Waals surface area contributed by atoms with Crippen molar-refractivity contribution >= 4 is 5.82 Å². The number of aryl methyl sites for hydroxylation is 1. The molecule has 0 unspecified atom stereocenters. The van der Waals surface area contributed by atoms with Crippen LogP contribution < -0.4 is 10.9 Å². The van der Waals surface area contributed by atoms with Crippen molar-refractivity contribution < 1.29 is 0 Å². The van der Waals surface area contributed by atoms with Crippen LogP contribution in [0.5, 0.6) is 0 Å². The third-order valence-electron chi connectivity index (χ3n) is 3.44. The van der Waals surface area contributed by atoms with E-state index in [0.29, 0.717) is 12.4 Å². The molecular formula is C17H17N5. The van der Waals surface area contributed by atoms with Gasteiger partial charge in [0.25, 0.3) is 0 Å². The second-order valence-electron chi connectivity index (χ2n) is 5.01. The minimum absolute atomic E-state index is 0.516. The largest absolute Gasteiger partial charge is 0.289 e. The lowest BCUT2D eigenvalue weighted by molar-refractivity contribution is 0.803. The van der Waals surface area contributed by atoms with E-state index in [9.17, 15) is 0 Å². The molecular weight excluding hydrogens is 274 g/mol. The van der Waals surface area contributed by atoms with Gasteiger partial charge in [0, 0.05) is 24.2 Å². The molecule has 0 radical (unpaired) electrons. The number of hydrogen-bond acceptors (Lipinski definition) is 5. The van der Waals surface area contributed by atoms with Crippen LogP contribution in [-0.2, 0) is 6.54 Å². The minimum Gasteiger partial charge on any atom is -0.289 e. The Hall–Kier alpha value is -2.79. The number of anilines is 1. The molecule has 0 atom stereocenters. The van der Waals surface area contributed by atoms with Crippen molar-refractivity contribution in [3.8, 4) is 11.3 Å². The van der Waals surface area contributed by atoms with Gasteiger partial charge in [0.1, 0.15) is 5.82 Å². The molecule has 0 aliphatic rings. The highest BCUT2D eigenvalue weighted by Crippen LogP contribution is 2.18. The molecule has 110 valence electrons. The lowest BCUT2D eigenvalue weighted by Crippen LogP contribution is -2.31. The fourth-order valence-corrected chi connectivity index (χ4v) is 2.17. The summed E-state index contributed by atoms with van der Waals surface area (Å²) in [5.74, 6) is 6.80. The highest BCUT2D eigenvalue weighted by molar-refractivity contribution is 5.59. The summed E-state index contributed by atoms with van der Waals surface area (Å²) in [6, 6.07) is 13.6. The molecule has 0 saturated heterocycles. The summed E-state index contributed by atoms with van der Waals surface area (Å²) in [5.41, 5.74) is 3.92. The maximum Gasteiger partial charge on any atom is 0.142 e. The molecule has 3 aromatic rings. The van der Waals surface area contributed by atoms with Crippen LogP contribution in [0.1, 0.15) is 11.3 Å². The predicted octanol–water partition coefficient (Wildman–Crippen LogP) is 2.73. The predicted molar refractivity (Wildman–Crippen MR) is 86.8 cm³/mol. The van der Waals surface area contributed by atoms with Gasteiger partial charge in [-0.3, -0.25) is 15.0 Å². The first-order valence-corrected chi connectivity index (χ1v) is 7.04. The SMILES string of the molecule is Cc1cccnc1CN(N)c1ccc(-c2ccccn2)cn1. The van der Waals surface area contributed by atoms with Gasteiger partial charge in [0.05, 0.1) is 17.9 Å². The summed E-state index contributed by atoms with van der Waals surface area (Å²) in [5, 5.41) is 1.59.